The summed E-state index contributed by atoms with van der Waals surface area (Å²) in [7, 11) is 1.25. The van der Waals surface area contributed by atoms with Gasteiger partial charge in [0.25, 0.3) is 0 Å². The monoisotopic (exact) mass is 372 g/mol. The van der Waals surface area contributed by atoms with Crippen molar-refractivity contribution in [1.29, 1.82) is 0 Å². The Hall–Kier alpha value is -1.78. The average Bonchev–Trinajstić information content (AvgIpc) is 2.99. The Morgan fingerprint density at radius 3 is 2.52 bits per heavy atom. The molecule has 0 aromatic carbocycles. The minimum Gasteiger partial charge on any atom is -0.463 e. The van der Waals surface area contributed by atoms with Gasteiger partial charge in [-0.3, -0.25) is 14.4 Å². The van der Waals surface area contributed by atoms with Crippen LogP contribution in [-0.4, -0.2) is 30.4 Å². The molecule has 5 heteroatoms. The maximum atomic E-state index is 12.9. The van der Waals surface area contributed by atoms with Crippen molar-refractivity contribution in [3.63, 3.8) is 0 Å². The Morgan fingerprint density at radius 1 is 1.07 bits per heavy atom. The van der Waals surface area contributed by atoms with Gasteiger partial charge in [-0.1, -0.05) is 13.8 Å². The van der Waals surface area contributed by atoms with Gasteiger partial charge in [0.1, 0.15) is 0 Å². The molecular weight excluding hydrogens is 344 g/mol. The van der Waals surface area contributed by atoms with E-state index in [-0.39, 0.29) is 40.2 Å². The second-order valence-corrected chi connectivity index (χ2v) is 9.48. The highest BCUT2D eigenvalue weighted by Crippen LogP contribution is 2.66. The molecule has 0 unspecified atom stereocenters. The van der Waals surface area contributed by atoms with Gasteiger partial charge in [-0.15, -0.1) is 0 Å². The molecule has 0 saturated heterocycles. The number of hydrogen-bond acceptors (Lipinski definition) is 5. The summed E-state index contributed by atoms with van der Waals surface area (Å²) in [6.07, 6.45) is 6.75. The number of ketones is 3. The summed E-state index contributed by atoms with van der Waals surface area (Å²) in [6, 6.07) is 0. The van der Waals surface area contributed by atoms with Gasteiger partial charge in [0, 0.05) is 24.3 Å². The molecule has 0 bridgehead atoms. The maximum Gasteiger partial charge on any atom is 0.374 e. The number of rotatable bonds is 2. The largest absolute Gasteiger partial charge is 0.463 e. The number of hydrogen-bond donors (Lipinski definition) is 0. The molecule has 3 saturated carbocycles. The molecule has 4 aliphatic carbocycles. The minimum atomic E-state index is -0.744. The molecule has 146 valence electrons. The van der Waals surface area contributed by atoms with Crippen LogP contribution in [0.4, 0.5) is 0 Å². The van der Waals surface area contributed by atoms with E-state index < -0.39 is 11.8 Å². The predicted octanol–water partition coefficient (Wildman–Crippen LogP) is 3.06. The van der Waals surface area contributed by atoms with Gasteiger partial charge in [-0.25, -0.2) is 4.79 Å². The summed E-state index contributed by atoms with van der Waals surface area (Å²) in [6.45, 7) is 4.30. The lowest BCUT2D eigenvalue weighted by Crippen LogP contribution is -2.53. The first-order valence-electron chi connectivity index (χ1n) is 10.1. The third kappa shape index (κ3) is 2.50. The van der Waals surface area contributed by atoms with E-state index in [0.29, 0.717) is 25.2 Å². The number of esters is 1. The van der Waals surface area contributed by atoms with Gasteiger partial charge in [0.05, 0.1) is 7.11 Å². The summed E-state index contributed by atoms with van der Waals surface area (Å²) < 4.78 is 4.69. The molecule has 4 rings (SSSR count). The quantitative estimate of drug-likeness (QED) is 0.550. The van der Waals surface area contributed by atoms with Gasteiger partial charge >= 0.3 is 5.97 Å². The molecule has 0 aromatic heterocycles. The summed E-state index contributed by atoms with van der Waals surface area (Å²) in [4.78, 5) is 49.3. The smallest absolute Gasteiger partial charge is 0.374 e. The third-order valence-electron chi connectivity index (χ3n) is 8.49. The molecule has 5 nitrogen and oxygen atoms in total. The molecule has 0 aromatic rings. The topological polar surface area (TPSA) is 77.5 Å². The van der Waals surface area contributed by atoms with Crippen molar-refractivity contribution in [2.45, 2.75) is 58.8 Å². The number of ether oxygens (including phenoxy) is 1. The van der Waals surface area contributed by atoms with Crippen molar-refractivity contribution in [2.24, 2.45) is 34.5 Å². The van der Waals surface area contributed by atoms with Crippen LogP contribution in [0.5, 0.6) is 0 Å². The van der Waals surface area contributed by atoms with Gasteiger partial charge in [-0.05, 0) is 66.8 Å². The van der Waals surface area contributed by atoms with Crippen molar-refractivity contribution < 1.29 is 23.9 Å². The van der Waals surface area contributed by atoms with Gasteiger partial charge < -0.3 is 4.74 Å². The van der Waals surface area contributed by atoms with E-state index in [1.165, 1.54) is 7.11 Å². The second-order valence-electron chi connectivity index (χ2n) is 9.48. The SMILES string of the molecule is COC(=O)C(=O)[C@H]1CC[C@H]2[C@@H]3CC(=O)C4=CC(=O)CC[C@]4(C)[C@H]3CC[C@]12C. The Bertz CT molecular complexity index is 765. The van der Waals surface area contributed by atoms with E-state index in [0.717, 1.165) is 31.3 Å². The third-order valence-corrected chi connectivity index (χ3v) is 8.49. The fourth-order valence-corrected chi connectivity index (χ4v) is 7.06. The van der Waals surface area contributed by atoms with Gasteiger partial charge in [-0.2, -0.15) is 0 Å². The zero-order valence-corrected chi connectivity index (χ0v) is 16.4. The Labute approximate surface area is 159 Å². The Kier molecular flexibility index (Phi) is 4.21. The molecule has 0 radical (unpaired) electrons. The standard InChI is InChI=1S/C22H28O5/c1-21-9-7-15-13(14(21)4-5-16(21)19(25)20(26)27-3)11-18(24)17-10-12(23)6-8-22(15,17)2/h10,13-16H,4-9,11H2,1-3H3/t13-,14-,15-,16+,21-,22+/m0/s1. The first kappa shape index (κ1) is 18.6. The van der Waals surface area contributed by atoms with Crippen LogP contribution >= 0.6 is 0 Å². The van der Waals surface area contributed by atoms with Crippen molar-refractivity contribution in [1.82, 2.24) is 0 Å². The van der Waals surface area contributed by atoms with Crippen molar-refractivity contribution in [3.05, 3.63) is 11.6 Å². The fourth-order valence-electron chi connectivity index (χ4n) is 7.06. The lowest BCUT2D eigenvalue weighted by Gasteiger charge is -2.57. The zero-order chi connectivity index (χ0) is 19.6. The maximum absolute atomic E-state index is 12.9. The van der Waals surface area contributed by atoms with Crippen molar-refractivity contribution >= 4 is 23.3 Å². The lowest BCUT2D eigenvalue weighted by molar-refractivity contribution is -0.157. The Morgan fingerprint density at radius 2 is 1.81 bits per heavy atom. The predicted molar refractivity (Wildman–Crippen MR) is 97.6 cm³/mol. The number of methoxy groups -OCH3 is 1. The molecule has 0 aliphatic heterocycles. The number of carbonyl (C=O) groups excluding carboxylic acids is 4. The molecule has 0 heterocycles. The van der Waals surface area contributed by atoms with E-state index in [1.54, 1.807) is 6.08 Å². The van der Waals surface area contributed by atoms with Crippen LogP contribution in [0.1, 0.15) is 58.8 Å². The number of Topliss-reactive ketones (excluding diaryl/α,β-unsaturated/α-hetero) is 2. The van der Waals surface area contributed by atoms with Crippen LogP contribution in [0.3, 0.4) is 0 Å². The molecule has 6 atom stereocenters. The van der Waals surface area contributed by atoms with Gasteiger partial charge in [0.2, 0.25) is 5.78 Å². The molecule has 3 fully saturated rings. The van der Waals surface area contributed by atoms with Crippen LogP contribution in [0, 0.1) is 34.5 Å². The highest BCUT2D eigenvalue weighted by Gasteiger charge is 2.62. The summed E-state index contributed by atoms with van der Waals surface area (Å²) in [5.41, 5.74) is 0.276. The molecule has 0 amide bonds. The normalized spacial score (nSPS) is 43.3. The van der Waals surface area contributed by atoms with Crippen LogP contribution in [0.15, 0.2) is 11.6 Å². The highest BCUT2D eigenvalue weighted by atomic mass is 16.5. The Balaban J connectivity index is 1.67. The highest BCUT2D eigenvalue weighted by molar-refractivity contribution is 6.34. The van der Waals surface area contributed by atoms with Crippen LogP contribution in [0.2, 0.25) is 0 Å². The van der Waals surface area contributed by atoms with E-state index in [1.807, 2.05) is 0 Å². The van der Waals surface area contributed by atoms with E-state index >= 15 is 0 Å². The first-order chi connectivity index (χ1) is 12.7. The molecule has 0 N–H and O–H groups in total. The van der Waals surface area contributed by atoms with E-state index in [4.69, 9.17) is 0 Å². The lowest BCUT2D eigenvalue weighted by atomic mass is 9.46. The summed E-state index contributed by atoms with van der Waals surface area (Å²) in [5.74, 6) is -0.386. The fraction of sp³-hybridized carbons (Fsp3) is 0.727. The van der Waals surface area contributed by atoms with Gasteiger partial charge in [0.15, 0.2) is 11.6 Å². The number of carbonyl (C=O) groups is 4. The summed E-state index contributed by atoms with van der Waals surface area (Å²) >= 11 is 0. The van der Waals surface area contributed by atoms with Crippen LogP contribution < -0.4 is 0 Å². The van der Waals surface area contributed by atoms with Crippen molar-refractivity contribution in [3.8, 4) is 0 Å². The van der Waals surface area contributed by atoms with Crippen LogP contribution in [0.25, 0.3) is 0 Å². The van der Waals surface area contributed by atoms with E-state index in [2.05, 4.69) is 18.6 Å². The van der Waals surface area contributed by atoms with Crippen LogP contribution in [-0.2, 0) is 23.9 Å². The first-order valence-corrected chi connectivity index (χ1v) is 10.1. The number of allylic oxidation sites excluding steroid dienone is 1. The molecule has 0 spiro atoms. The minimum absolute atomic E-state index is 0.0690. The number of fused-ring (bicyclic) bond motifs is 5. The summed E-state index contributed by atoms with van der Waals surface area (Å²) in [5, 5.41) is 0. The molecule has 4 aliphatic rings. The zero-order valence-electron chi connectivity index (χ0n) is 16.4. The van der Waals surface area contributed by atoms with E-state index in [9.17, 15) is 19.2 Å². The second kappa shape index (κ2) is 6.11. The van der Waals surface area contributed by atoms with Crippen molar-refractivity contribution in [2.75, 3.05) is 7.11 Å². The molecular formula is C22H28O5. The molecule has 27 heavy (non-hydrogen) atoms. The average molecular weight is 372 g/mol.